The van der Waals surface area contributed by atoms with E-state index in [0.29, 0.717) is 29.7 Å². The van der Waals surface area contributed by atoms with Crippen molar-refractivity contribution in [2.24, 2.45) is 0 Å². The minimum Gasteiger partial charge on any atom is -0.481 e. The molecule has 7 heteroatoms. The summed E-state index contributed by atoms with van der Waals surface area (Å²) >= 11 is 0. The molecule has 0 spiro atoms. The van der Waals surface area contributed by atoms with Gasteiger partial charge in [0.05, 0.1) is 17.4 Å². The SMILES string of the molecule is O=C(O)Cc1cccc(NC(=O)C2(c3cccc(C(F)(F)F)c3)CC2)c1. The van der Waals surface area contributed by atoms with E-state index in [-0.39, 0.29) is 12.3 Å². The van der Waals surface area contributed by atoms with Gasteiger partial charge in [-0.1, -0.05) is 30.3 Å². The van der Waals surface area contributed by atoms with Crippen LogP contribution in [0, 0.1) is 0 Å². The van der Waals surface area contributed by atoms with Crippen molar-refractivity contribution >= 4 is 17.6 Å². The minimum atomic E-state index is -4.46. The monoisotopic (exact) mass is 363 g/mol. The molecule has 0 aromatic heterocycles. The fourth-order valence-electron chi connectivity index (χ4n) is 2.95. The molecule has 0 heterocycles. The standard InChI is InChI=1S/C19H16F3NO3/c20-19(21,22)14-5-2-4-13(11-14)18(7-8-18)17(26)23-15-6-1-3-12(9-15)10-16(24)25/h1-6,9,11H,7-8,10H2,(H,23,26)(H,24,25). The Hall–Kier alpha value is -2.83. The summed E-state index contributed by atoms with van der Waals surface area (Å²) in [6.07, 6.45) is -3.71. The normalized spacial score (nSPS) is 15.3. The number of hydrogen-bond donors (Lipinski definition) is 2. The number of carboxylic acids is 1. The van der Waals surface area contributed by atoms with Crippen molar-refractivity contribution in [1.82, 2.24) is 0 Å². The average molecular weight is 363 g/mol. The second-order valence-corrected chi connectivity index (χ2v) is 6.39. The van der Waals surface area contributed by atoms with Crippen LogP contribution < -0.4 is 5.32 Å². The Balaban J connectivity index is 1.81. The number of rotatable bonds is 5. The number of benzene rings is 2. The second-order valence-electron chi connectivity index (χ2n) is 6.39. The molecule has 0 saturated heterocycles. The minimum absolute atomic E-state index is 0.178. The number of hydrogen-bond acceptors (Lipinski definition) is 2. The van der Waals surface area contributed by atoms with E-state index in [9.17, 15) is 22.8 Å². The predicted octanol–water partition coefficient (Wildman–Crippen LogP) is 4.00. The molecule has 136 valence electrons. The first-order valence-electron chi connectivity index (χ1n) is 8.01. The van der Waals surface area contributed by atoms with Crippen LogP contribution in [0.1, 0.15) is 29.5 Å². The summed E-state index contributed by atoms with van der Waals surface area (Å²) < 4.78 is 38.8. The Labute approximate surface area is 147 Å². The maximum Gasteiger partial charge on any atom is 0.416 e. The molecule has 0 bridgehead atoms. The van der Waals surface area contributed by atoms with Gasteiger partial charge in [0.1, 0.15) is 0 Å². The molecule has 1 amide bonds. The summed E-state index contributed by atoms with van der Waals surface area (Å²) in [7, 11) is 0. The van der Waals surface area contributed by atoms with E-state index < -0.39 is 23.1 Å². The van der Waals surface area contributed by atoms with Gasteiger partial charge in [0, 0.05) is 5.69 Å². The van der Waals surface area contributed by atoms with Gasteiger partial charge in [-0.15, -0.1) is 0 Å². The van der Waals surface area contributed by atoms with Crippen LogP contribution in [0.2, 0.25) is 0 Å². The Morgan fingerprint density at radius 2 is 1.77 bits per heavy atom. The lowest BCUT2D eigenvalue weighted by Gasteiger charge is -2.18. The van der Waals surface area contributed by atoms with Crippen molar-refractivity contribution in [3.8, 4) is 0 Å². The highest BCUT2D eigenvalue weighted by atomic mass is 19.4. The zero-order valence-electron chi connectivity index (χ0n) is 13.6. The first kappa shape index (κ1) is 18.0. The molecule has 0 atom stereocenters. The van der Waals surface area contributed by atoms with Gasteiger partial charge in [0.15, 0.2) is 0 Å². The summed E-state index contributed by atoms with van der Waals surface area (Å²) in [6, 6.07) is 11.3. The maximum atomic E-state index is 12.9. The molecular formula is C19H16F3NO3. The van der Waals surface area contributed by atoms with Crippen molar-refractivity contribution in [2.75, 3.05) is 5.32 Å². The highest BCUT2D eigenvalue weighted by molar-refractivity contribution is 6.01. The third kappa shape index (κ3) is 3.71. The molecule has 26 heavy (non-hydrogen) atoms. The van der Waals surface area contributed by atoms with Gasteiger partial charge in [0.2, 0.25) is 5.91 Å². The summed E-state index contributed by atoms with van der Waals surface area (Å²) in [5.74, 6) is -1.37. The highest BCUT2D eigenvalue weighted by Gasteiger charge is 2.51. The zero-order chi connectivity index (χ0) is 18.9. The van der Waals surface area contributed by atoms with E-state index in [4.69, 9.17) is 5.11 Å². The fourth-order valence-corrected chi connectivity index (χ4v) is 2.95. The van der Waals surface area contributed by atoms with Gasteiger partial charge < -0.3 is 10.4 Å². The smallest absolute Gasteiger partial charge is 0.416 e. The average Bonchev–Trinajstić information content (AvgIpc) is 3.36. The van der Waals surface area contributed by atoms with Crippen LogP contribution in [-0.4, -0.2) is 17.0 Å². The molecule has 2 aromatic rings. The topological polar surface area (TPSA) is 66.4 Å². The van der Waals surface area contributed by atoms with E-state index in [2.05, 4.69) is 5.32 Å². The molecule has 0 unspecified atom stereocenters. The molecule has 1 aliphatic rings. The third-order valence-corrected chi connectivity index (χ3v) is 4.47. The summed E-state index contributed by atoms with van der Waals surface area (Å²) in [4.78, 5) is 23.5. The fraction of sp³-hybridized carbons (Fsp3) is 0.263. The lowest BCUT2D eigenvalue weighted by Crippen LogP contribution is -2.28. The van der Waals surface area contributed by atoms with Crippen molar-refractivity contribution in [2.45, 2.75) is 30.9 Å². The highest BCUT2D eigenvalue weighted by Crippen LogP contribution is 2.49. The number of aliphatic carboxylic acids is 1. The summed E-state index contributed by atoms with van der Waals surface area (Å²) in [5, 5.41) is 11.5. The van der Waals surface area contributed by atoms with Crippen LogP contribution in [0.4, 0.5) is 18.9 Å². The lowest BCUT2D eigenvalue weighted by atomic mass is 9.93. The van der Waals surface area contributed by atoms with Gasteiger partial charge in [-0.25, -0.2) is 0 Å². The van der Waals surface area contributed by atoms with Crippen LogP contribution in [0.3, 0.4) is 0 Å². The van der Waals surface area contributed by atoms with Gasteiger partial charge in [-0.3, -0.25) is 9.59 Å². The Morgan fingerprint density at radius 1 is 1.08 bits per heavy atom. The van der Waals surface area contributed by atoms with Gasteiger partial charge in [-0.05, 0) is 42.2 Å². The van der Waals surface area contributed by atoms with Gasteiger partial charge in [0.25, 0.3) is 0 Å². The quantitative estimate of drug-likeness (QED) is 0.844. The van der Waals surface area contributed by atoms with Crippen molar-refractivity contribution in [3.63, 3.8) is 0 Å². The molecule has 0 aliphatic heterocycles. The number of alkyl halides is 3. The molecule has 3 rings (SSSR count). The predicted molar refractivity (Wildman–Crippen MR) is 88.8 cm³/mol. The van der Waals surface area contributed by atoms with E-state index in [1.807, 2.05) is 0 Å². The number of carboxylic acid groups (broad SMARTS) is 1. The Bertz CT molecular complexity index is 857. The summed E-state index contributed by atoms with van der Waals surface area (Å²) in [6.45, 7) is 0. The third-order valence-electron chi connectivity index (χ3n) is 4.47. The largest absolute Gasteiger partial charge is 0.481 e. The lowest BCUT2D eigenvalue weighted by molar-refractivity contribution is -0.138. The second kappa shape index (κ2) is 6.48. The van der Waals surface area contributed by atoms with E-state index in [1.165, 1.54) is 12.1 Å². The first-order valence-corrected chi connectivity index (χ1v) is 8.01. The first-order chi connectivity index (χ1) is 12.2. The van der Waals surface area contributed by atoms with Crippen molar-refractivity contribution in [3.05, 3.63) is 65.2 Å². The van der Waals surface area contributed by atoms with Crippen molar-refractivity contribution < 1.29 is 27.9 Å². The van der Waals surface area contributed by atoms with Crippen LogP contribution in [0.15, 0.2) is 48.5 Å². The summed E-state index contributed by atoms with van der Waals surface area (Å²) in [5.41, 5.74) is -0.459. The van der Waals surface area contributed by atoms with Crippen LogP contribution in [0.25, 0.3) is 0 Å². The molecule has 1 fully saturated rings. The van der Waals surface area contributed by atoms with Gasteiger partial charge >= 0.3 is 12.1 Å². The van der Waals surface area contributed by atoms with Gasteiger partial charge in [-0.2, -0.15) is 13.2 Å². The number of anilines is 1. The Morgan fingerprint density at radius 3 is 2.38 bits per heavy atom. The molecule has 2 aromatic carbocycles. The maximum absolute atomic E-state index is 12.9. The number of carbonyl (C=O) groups excluding carboxylic acids is 1. The molecule has 0 radical (unpaired) electrons. The van der Waals surface area contributed by atoms with Crippen LogP contribution >= 0.6 is 0 Å². The number of nitrogens with one attached hydrogen (secondary N) is 1. The van der Waals surface area contributed by atoms with Crippen LogP contribution in [0.5, 0.6) is 0 Å². The van der Waals surface area contributed by atoms with E-state index in [1.54, 1.807) is 24.3 Å². The molecule has 2 N–H and O–H groups in total. The number of amides is 1. The molecular weight excluding hydrogens is 347 g/mol. The molecule has 4 nitrogen and oxygen atoms in total. The van der Waals surface area contributed by atoms with Crippen molar-refractivity contribution in [1.29, 1.82) is 0 Å². The molecule has 1 saturated carbocycles. The number of halogens is 3. The Kier molecular flexibility index (Phi) is 4.48. The zero-order valence-corrected chi connectivity index (χ0v) is 13.6. The molecule has 1 aliphatic carbocycles. The number of carbonyl (C=O) groups is 2. The van der Waals surface area contributed by atoms with Crippen LogP contribution in [-0.2, 0) is 27.6 Å². The van der Waals surface area contributed by atoms with E-state index >= 15 is 0 Å². The van der Waals surface area contributed by atoms with E-state index in [0.717, 1.165) is 12.1 Å².